The summed E-state index contributed by atoms with van der Waals surface area (Å²) in [5.74, 6) is -3.77. The molecule has 3 rings (SSSR count). The highest BCUT2D eigenvalue weighted by atomic mass is 32.2. The first-order chi connectivity index (χ1) is 16.8. The molecule has 0 bridgehead atoms. The minimum Gasteiger partial charge on any atom is -0.501 e. The molecule has 14 heteroatoms. The van der Waals surface area contributed by atoms with Gasteiger partial charge in [-0.15, -0.1) is 0 Å². The minimum atomic E-state index is -4.18. The molecule has 3 N–H and O–H groups in total. The van der Waals surface area contributed by atoms with Gasteiger partial charge in [-0.25, -0.2) is 4.39 Å². The van der Waals surface area contributed by atoms with Gasteiger partial charge in [0.25, 0.3) is 22.0 Å². The number of rotatable bonds is 8. The molecular formula is C22H31FN6O6S. The summed E-state index contributed by atoms with van der Waals surface area (Å²) in [6.45, 7) is -0.429. The summed E-state index contributed by atoms with van der Waals surface area (Å²) in [5, 5.41) is 10.6. The lowest BCUT2D eigenvalue weighted by atomic mass is 9.96. The maximum Gasteiger partial charge on any atom is 0.292 e. The van der Waals surface area contributed by atoms with Gasteiger partial charge in [0.15, 0.2) is 5.70 Å². The highest BCUT2D eigenvalue weighted by Crippen LogP contribution is 2.35. The van der Waals surface area contributed by atoms with Gasteiger partial charge in [0.2, 0.25) is 11.7 Å². The van der Waals surface area contributed by atoms with Crippen LogP contribution in [0.25, 0.3) is 0 Å². The lowest BCUT2D eigenvalue weighted by Gasteiger charge is -2.52. The number of carbonyl (C=O) groups is 3. The molecule has 2 aliphatic rings. The summed E-state index contributed by atoms with van der Waals surface area (Å²) < 4.78 is 42.3. The predicted molar refractivity (Wildman–Crippen MR) is 127 cm³/mol. The molecule has 0 aromatic heterocycles. The van der Waals surface area contributed by atoms with Crippen LogP contribution < -0.4 is 5.73 Å². The van der Waals surface area contributed by atoms with E-state index in [4.69, 9.17) is 5.73 Å². The number of halogens is 1. The van der Waals surface area contributed by atoms with Crippen LogP contribution in [0.15, 0.2) is 35.7 Å². The summed E-state index contributed by atoms with van der Waals surface area (Å²) in [4.78, 5) is 42.0. The topological polar surface area (TPSA) is 148 Å². The first-order valence-electron chi connectivity index (χ1n) is 11.2. The fraction of sp³-hybridized carbons (Fsp3) is 0.500. The summed E-state index contributed by atoms with van der Waals surface area (Å²) in [7, 11) is 1.46. The van der Waals surface area contributed by atoms with Crippen molar-refractivity contribution in [2.45, 2.75) is 31.6 Å². The third-order valence-electron chi connectivity index (χ3n) is 6.27. The molecule has 1 aromatic carbocycles. The molecule has 198 valence electrons. The maximum atomic E-state index is 13.5. The summed E-state index contributed by atoms with van der Waals surface area (Å²) in [6, 6.07) is 4.39. The Morgan fingerprint density at radius 2 is 1.78 bits per heavy atom. The number of nitrogens with zero attached hydrogens (tertiary/aromatic N) is 5. The van der Waals surface area contributed by atoms with Gasteiger partial charge in [-0.1, -0.05) is 12.1 Å². The predicted octanol–water partition coefficient (Wildman–Crippen LogP) is -0.590. The Hall–Kier alpha value is -3.23. The maximum absolute atomic E-state index is 13.5. The number of benzene rings is 1. The first kappa shape index (κ1) is 27.4. The van der Waals surface area contributed by atoms with E-state index in [-0.39, 0.29) is 19.5 Å². The number of hydrogen-bond acceptors (Lipinski definition) is 7. The van der Waals surface area contributed by atoms with Crippen molar-refractivity contribution in [3.8, 4) is 0 Å². The van der Waals surface area contributed by atoms with E-state index in [0.717, 1.165) is 8.61 Å². The van der Waals surface area contributed by atoms with Crippen LogP contribution in [0.4, 0.5) is 4.39 Å². The van der Waals surface area contributed by atoms with E-state index in [1.54, 1.807) is 0 Å². The molecule has 2 unspecified atom stereocenters. The third kappa shape index (κ3) is 5.15. The molecule has 1 aromatic rings. The van der Waals surface area contributed by atoms with E-state index in [0.29, 0.717) is 12.0 Å². The molecule has 0 saturated carbocycles. The largest absolute Gasteiger partial charge is 0.501 e. The molecule has 2 aliphatic heterocycles. The highest BCUT2D eigenvalue weighted by molar-refractivity contribution is 7.86. The highest BCUT2D eigenvalue weighted by Gasteiger charge is 2.51. The molecule has 2 heterocycles. The SMILES string of the molecule is CN(C)C(=O)CN(C1CCCN2C(=O)C(O)=C(C(N)=O)N(Cc3ccc(F)cc3)C12)S(=O)(=O)N(C)C. The van der Waals surface area contributed by atoms with E-state index in [9.17, 15) is 32.3 Å². The van der Waals surface area contributed by atoms with E-state index in [1.165, 1.54) is 67.2 Å². The van der Waals surface area contributed by atoms with Crippen molar-refractivity contribution in [1.82, 2.24) is 23.3 Å². The number of primary amides is 1. The fourth-order valence-corrected chi connectivity index (χ4v) is 5.68. The van der Waals surface area contributed by atoms with Crippen molar-refractivity contribution in [2.75, 3.05) is 41.3 Å². The number of fused-ring (bicyclic) bond motifs is 1. The minimum absolute atomic E-state index is 0.0922. The van der Waals surface area contributed by atoms with E-state index < -0.39 is 64.0 Å². The van der Waals surface area contributed by atoms with Gasteiger partial charge < -0.3 is 25.5 Å². The molecule has 0 spiro atoms. The number of amides is 3. The molecule has 12 nitrogen and oxygen atoms in total. The Kier molecular flexibility index (Phi) is 7.91. The molecule has 1 saturated heterocycles. The van der Waals surface area contributed by atoms with Gasteiger partial charge in [-0.3, -0.25) is 14.4 Å². The Morgan fingerprint density at radius 3 is 2.31 bits per heavy atom. The number of nitrogens with two attached hydrogens (primary N) is 1. The summed E-state index contributed by atoms with van der Waals surface area (Å²) in [6.07, 6.45) is -0.430. The molecule has 1 fully saturated rings. The second-order valence-corrected chi connectivity index (χ2v) is 11.2. The average Bonchev–Trinajstić information content (AvgIpc) is 2.81. The van der Waals surface area contributed by atoms with Crippen molar-refractivity contribution < 1.29 is 32.3 Å². The molecule has 36 heavy (non-hydrogen) atoms. The standard InChI is InChI=1S/C22H31FN6O6S/c1-25(2)17(30)13-29(36(34,35)26(3)4)16-6-5-11-27-21(16)28(12-14-7-9-15(23)10-8-14)18(20(24)32)19(31)22(27)33/h7-10,16,21,31H,5-6,11-13H2,1-4H3,(H2,24,32). The lowest BCUT2D eigenvalue weighted by Crippen LogP contribution is -2.68. The zero-order valence-electron chi connectivity index (χ0n) is 20.6. The number of carbonyl (C=O) groups excluding carboxylic acids is 3. The van der Waals surface area contributed by atoms with Crippen molar-refractivity contribution >= 4 is 27.9 Å². The molecule has 0 radical (unpaired) electrons. The van der Waals surface area contributed by atoms with Crippen molar-refractivity contribution in [1.29, 1.82) is 0 Å². The Bertz CT molecular complexity index is 1170. The second kappa shape index (κ2) is 10.4. The van der Waals surface area contributed by atoms with E-state index >= 15 is 0 Å². The number of aliphatic hydroxyl groups is 1. The van der Waals surface area contributed by atoms with Crippen LogP contribution in [0.5, 0.6) is 0 Å². The second-order valence-electron chi connectivity index (χ2n) is 9.06. The van der Waals surface area contributed by atoms with Crippen LogP contribution in [0, 0.1) is 5.82 Å². The molecular weight excluding hydrogens is 495 g/mol. The van der Waals surface area contributed by atoms with Crippen LogP contribution in [0.1, 0.15) is 18.4 Å². The van der Waals surface area contributed by atoms with Crippen LogP contribution in [-0.2, 0) is 31.1 Å². The Morgan fingerprint density at radius 1 is 1.17 bits per heavy atom. The monoisotopic (exact) mass is 526 g/mol. The Labute approximate surface area is 209 Å². The quantitative estimate of drug-likeness (QED) is 0.460. The van der Waals surface area contributed by atoms with Crippen LogP contribution in [0.3, 0.4) is 0 Å². The van der Waals surface area contributed by atoms with Gasteiger partial charge in [0.1, 0.15) is 12.0 Å². The number of hydrogen-bond donors (Lipinski definition) is 2. The normalized spacial score (nSPS) is 20.7. The fourth-order valence-electron chi connectivity index (χ4n) is 4.43. The van der Waals surface area contributed by atoms with E-state index in [1.807, 2.05) is 0 Å². The zero-order chi connectivity index (χ0) is 26.9. The Balaban J connectivity index is 2.18. The third-order valence-corrected chi connectivity index (χ3v) is 8.19. The van der Waals surface area contributed by atoms with E-state index in [2.05, 4.69) is 0 Å². The van der Waals surface area contributed by atoms with Gasteiger partial charge in [0.05, 0.1) is 12.6 Å². The molecule has 3 amide bonds. The van der Waals surface area contributed by atoms with Crippen molar-refractivity contribution in [3.05, 3.63) is 47.1 Å². The number of likely N-dealkylation sites (N-methyl/N-ethyl adjacent to an activating group) is 1. The number of piperidine rings is 1. The van der Waals surface area contributed by atoms with Crippen molar-refractivity contribution in [3.63, 3.8) is 0 Å². The summed E-state index contributed by atoms with van der Waals surface area (Å²) >= 11 is 0. The zero-order valence-corrected chi connectivity index (χ0v) is 21.4. The molecule has 0 aliphatic carbocycles. The van der Waals surface area contributed by atoms with Gasteiger partial charge in [-0.2, -0.15) is 17.0 Å². The van der Waals surface area contributed by atoms with Gasteiger partial charge in [-0.05, 0) is 30.5 Å². The van der Waals surface area contributed by atoms with Gasteiger partial charge in [0, 0.05) is 41.3 Å². The van der Waals surface area contributed by atoms with Crippen molar-refractivity contribution in [2.24, 2.45) is 5.73 Å². The number of aliphatic hydroxyl groups excluding tert-OH is 1. The average molecular weight is 527 g/mol. The van der Waals surface area contributed by atoms with Crippen LogP contribution >= 0.6 is 0 Å². The lowest BCUT2D eigenvalue weighted by molar-refractivity contribution is -0.148. The summed E-state index contributed by atoms with van der Waals surface area (Å²) in [5.41, 5.74) is 5.60. The van der Waals surface area contributed by atoms with Crippen LogP contribution in [-0.4, -0.2) is 108 Å². The first-order valence-corrected chi connectivity index (χ1v) is 12.6. The smallest absolute Gasteiger partial charge is 0.292 e. The molecule has 2 atom stereocenters. The van der Waals surface area contributed by atoms with Gasteiger partial charge >= 0.3 is 0 Å². The van der Waals surface area contributed by atoms with Crippen LogP contribution in [0.2, 0.25) is 0 Å².